The molecule has 0 bridgehead atoms. The number of hydrogen-bond acceptors (Lipinski definition) is 2. The molecule has 3 N–H and O–H groups in total. The maximum Gasteiger partial charge on any atom is 0.188 e. The van der Waals surface area contributed by atoms with Crippen molar-refractivity contribution in [1.29, 1.82) is 0 Å². The first-order valence-electron chi connectivity index (χ1n) is 6.72. The Morgan fingerprint density at radius 1 is 1.19 bits per heavy atom. The quantitative estimate of drug-likeness (QED) is 0.464. The van der Waals surface area contributed by atoms with E-state index in [-0.39, 0.29) is 24.0 Å². The van der Waals surface area contributed by atoms with E-state index in [0.29, 0.717) is 12.5 Å². The standard InChI is InChI=1S/C16H20N4.HI/c1-13-9-15(11-18-10-13)12-20-16(17)19-8-7-14-5-3-2-4-6-14;/h2-6,9-11H,7-8,12H2,1H3,(H3,17,19,20);1H. The smallest absolute Gasteiger partial charge is 0.188 e. The molecule has 112 valence electrons. The first-order chi connectivity index (χ1) is 9.74. The van der Waals surface area contributed by atoms with Crippen LogP contribution in [0, 0.1) is 6.92 Å². The number of nitrogens with zero attached hydrogens (tertiary/aromatic N) is 2. The third kappa shape index (κ3) is 6.57. The van der Waals surface area contributed by atoms with Crippen molar-refractivity contribution in [1.82, 2.24) is 10.3 Å². The summed E-state index contributed by atoms with van der Waals surface area (Å²) in [4.78, 5) is 8.44. The molecule has 21 heavy (non-hydrogen) atoms. The number of nitrogens with two attached hydrogens (primary N) is 1. The molecule has 5 heteroatoms. The Hall–Kier alpha value is -1.63. The molecule has 4 nitrogen and oxygen atoms in total. The normalized spacial score (nSPS) is 10.8. The first kappa shape index (κ1) is 17.4. The number of aryl methyl sites for hydroxylation is 1. The van der Waals surface area contributed by atoms with Crippen molar-refractivity contribution in [3.8, 4) is 0 Å². The average Bonchev–Trinajstić information content (AvgIpc) is 2.46. The molecule has 1 aromatic heterocycles. The highest BCUT2D eigenvalue weighted by Crippen LogP contribution is 2.02. The molecule has 0 aliphatic heterocycles. The highest BCUT2D eigenvalue weighted by molar-refractivity contribution is 14.0. The van der Waals surface area contributed by atoms with Crippen molar-refractivity contribution in [2.45, 2.75) is 19.9 Å². The summed E-state index contributed by atoms with van der Waals surface area (Å²) >= 11 is 0. The van der Waals surface area contributed by atoms with E-state index in [1.165, 1.54) is 5.56 Å². The topological polar surface area (TPSA) is 63.3 Å². The molecule has 0 aliphatic carbocycles. The predicted molar refractivity (Wildman–Crippen MR) is 97.9 cm³/mol. The number of nitrogens with one attached hydrogen (secondary N) is 1. The zero-order valence-corrected chi connectivity index (χ0v) is 14.5. The van der Waals surface area contributed by atoms with Gasteiger partial charge in [-0.25, -0.2) is 4.99 Å². The van der Waals surface area contributed by atoms with Gasteiger partial charge in [0.05, 0.1) is 6.54 Å². The van der Waals surface area contributed by atoms with E-state index in [1.807, 2.05) is 37.5 Å². The van der Waals surface area contributed by atoms with Gasteiger partial charge in [-0.2, -0.15) is 0 Å². The van der Waals surface area contributed by atoms with E-state index in [2.05, 4.69) is 33.5 Å². The van der Waals surface area contributed by atoms with Crippen molar-refractivity contribution in [2.24, 2.45) is 10.7 Å². The van der Waals surface area contributed by atoms with E-state index in [0.717, 1.165) is 24.1 Å². The molecule has 0 radical (unpaired) electrons. The molecule has 2 rings (SSSR count). The number of aliphatic imine (C=N–C) groups is 1. The van der Waals surface area contributed by atoms with Gasteiger partial charge in [-0.1, -0.05) is 36.4 Å². The number of benzene rings is 1. The molecule has 0 fully saturated rings. The van der Waals surface area contributed by atoms with Crippen LogP contribution >= 0.6 is 24.0 Å². The number of aromatic nitrogens is 1. The minimum Gasteiger partial charge on any atom is -0.370 e. The summed E-state index contributed by atoms with van der Waals surface area (Å²) in [5.74, 6) is 0.474. The van der Waals surface area contributed by atoms with Crippen LogP contribution in [0.25, 0.3) is 0 Å². The molecular weight excluding hydrogens is 375 g/mol. The van der Waals surface area contributed by atoms with Crippen LogP contribution in [0.15, 0.2) is 53.8 Å². The van der Waals surface area contributed by atoms with Gasteiger partial charge in [-0.05, 0) is 30.0 Å². The fourth-order valence-electron chi connectivity index (χ4n) is 1.92. The van der Waals surface area contributed by atoms with Crippen LogP contribution in [0.4, 0.5) is 0 Å². The number of hydrogen-bond donors (Lipinski definition) is 2. The third-order valence-corrected chi connectivity index (χ3v) is 2.93. The minimum absolute atomic E-state index is 0. The summed E-state index contributed by atoms with van der Waals surface area (Å²) in [6.07, 6.45) is 4.57. The third-order valence-electron chi connectivity index (χ3n) is 2.93. The number of pyridine rings is 1. The molecule has 0 atom stereocenters. The summed E-state index contributed by atoms with van der Waals surface area (Å²) in [6, 6.07) is 12.4. The van der Waals surface area contributed by atoms with Crippen LogP contribution in [-0.4, -0.2) is 17.5 Å². The second-order valence-corrected chi connectivity index (χ2v) is 4.73. The number of halogens is 1. The molecule has 0 saturated carbocycles. The summed E-state index contributed by atoms with van der Waals surface area (Å²) in [5, 5.41) is 3.12. The van der Waals surface area contributed by atoms with E-state index < -0.39 is 0 Å². The van der Waals surface area contributed by atoms with Gasteiger partial charge in [0.15, 0.2) is 5.96 Å². The van der Waals surface area contributed by atoms with Crippen molar-refractivity contribution < 1.29 is 0 Å². The molecule has 0 spiro atoms. The fourth-order valence-corrected chi connectivity index (χ4v) is 1.92. The fraction of sp³-hybridized carbons (Fsp3) is 0.250. The van der Waals surface area contributed by atoms with Crippen molar-refractivity contribution in [3.05, 3.63) is 65.5 Å². The Morgan fingerprint density at radius 3 is 2.67 bits per heavy atom. The Kier molecular flexibility index (Phi) is 7.74. The van der Waals surface area contributed by atoms with Crippen LogP contribution < -0.4 is 11.1 Å². The zero-order chi connectivity index (χ0) is 14.2. The van der Waals surface area contributed by atoms with Crippen LogP contribution in [0.5, 0.6) is 0 Å². The van der Waals surface area contributed by atoms with Crippen LogP contribution in [0.1, 0.15) is 16.7 Å². The van der Waals surface area contributed by atoms with Crippen LogP contribution in [-0.2, 0) is 13.0 Å². The van der Waals surface area contributed by atoms with Gasteiger partial charge < -0.3 is 11.1 Å². The molecule has 1 heterocycles. The highest BCUT2D eigenvalue weighted by Gasteiger charge is 1.96. The lowest BCUT2D eigenvalue weighted by molar-refractivity contribution is 0.847. The van der Waals surface area contributed by atoms with Gasteiger partial charge in [-0.3, -0.25) is 4.98 Å². The molecule has 0 unspecified atom stereocenters. The first-order valence-corrected chi connectivity index (χ1v) is 6.72. The van der Waals surface area contributed by atoms with E-state index >= 15 is 0 Å². The monoisotopic (exact) mass is 396 g/mol. The summed E-state index contributed by atoms with van der Waals surface area (Å²) in [7, 11) is 0. The van der Waals surface area contributed by atoms with Crippen molar-refractivity contribution in [3.63, 3.8) is 0 Å². The largest absolute Gasteiger partial charge is 0.370 e. The Bertz CT molecular complexity index is 569. The molecule has 0 aliphatic rings. The average molecular weight is 396 g/mol. The second-order valence-electron chi connectivity index (χ2n) is 4.73. The van der Waals surface area contributed by atoms with Crippen LogP contribution in [0.3, 0.4) is 0 Å². The lowest BCUT2D eigenvalue weighted by Crippen LogP contribution is -2.33. The molecule has 1 aromatic carbocycles. The van der Waals surface area contributed by atoms with Gasteiger partial charge in [-0.15, -0.1) is 24.0 Å². The Balaban J connectivity index is 0.00000220. The minimum atomic E-state index is 0. The zero-order valence-electron chi connectivity index (χ0n) is 12.1. The SMILES string of the molecule is Cc1cncc(CN=C(N)NCCc2ccccc2)c1.I. The van der Waals surface area contributed by atoms with Gasteiger partial charge in [0.1, 0.15) is 0 Å². The molecule has 0 saturated heterocycles. The van der Waals surface area contributed by atoms with Crippen molar-refractivity contribution in [2.75, 3.05) is 6.54 Å². The van der Waals surface area contributed by atoms with E-state index in [4.69, 9.17) is 5.73 Å². The molecule has 0 amide bonds. The van der Waals surface area contributed by atoms with E-state index in [9.17, 15) is 0 Å². The number of guanidine groups is 1. The lowest BCUT2D eigenvalue weighted by atomic mass is 10.1. The van der Waals surface area contributed by atoms with Crippen LogP contribution in [0.2, 0.25) is 0 Å². The number of rotatable bonds is 5. The van der Waals surface area contributed by atoms with Gasteiger partial charge in [0, 0.05) is 18.9 Å². The predicted octanol–water partition coefficient (Wildman–Crippen LogP) is 2.66. The molecule has 2 aromatic rings. The van der Waals surface area contributed by atoms with Crippen molar-refractivity contribution >= 4 is 29.9 Å². The molecular formula is C16H21IN4. The summed E-state index contributed by atoms with van der Waals surface area (Å²) < 4.78 is 0. The highest BCUT2D eigenvalue weighted by atomic mass is 127. The van der Waals surface area contributed by atoms with Gasteiger partial charge in [0.2, 0.25) is 0 Å². The maximum absolute atomic E-state index is 5.84. The lowest BCUT2D eigenvalue weighted by Gasteiger charge is -2.06. The Labute approximate surface area is 142 Å². The van der Waals surface area contributed by atoms with E-state index in [1.54, 1.807) is 0 Å². The summed E-state index contributed by atoms with van der Waals surface area (Å²) in [5.41, 5.74) is 9.33. The summed E-state index contributed by atoms with van der Waals surface area (Å²) in [6.45, 7) is 3.35. The maximum atomic E-state index is 5.84. The van der Waals surface area contributed by atoms with Gasteiger partial charge >= 0.3 is 0 Å². The second kappa shape index (κ2) is 9.33. The van der Waals surface area contributed by atoms with Gasteiger partial charge in [0.25, 0.3) is 0 Å². The Morgan fingerprint density at radius 2 is 1.95 bits per heavy atom.